The summed E-state index contributed by atoms with van der Waals surface area (Å²) >= 11 is 0. The van der Waals surface area contributed by atoms with Crippen molar-refractivity contribution in [3.8, 4) is 0 Å². The minimum absolute atomic E-state index is 0. The fraction of sp³-hybridized carbons (Fsp3) is 0.900. The number of halogens is 1. The van der Waals surface area contributed by atoms with Crippen molar-refractivity contribution in [3.63, 3.8) is 0 Å². The van der Waals surface area contributed by atoms with Gasteiger partial charge in [-0.3, -0.25) is 0 Å². The summed E-state index contributed by atoms with van der Waals surface area (Å²) in [6.45, 7) is 6.85. The molecule has 0 aromatic rings. The molecule has 0 atom stereocenters. The van der Waals surface area contributed by atoms with Gasteiger partial charge in [0.1, 0.15) is 0 Å². The van der Waals surface area contributed by atoms with Gasteiger partial charge in [0.15, 0.2) is 0 Å². The fourth-order valence-corrected chi connectivity index (χ4v) is 2.08. The highest BCUT2D eigenvalue weighted by Gasteiger charge is 2.23. The van der Waals surface area contributed by atoms with Crippen molar-refractivity contribution in [1.82, 2.24) is 9.80 Å². The first-order valence-corrected chi connectivity index (χ1v) is 5.81. The van der Waals surface area contributed by atoms with Crippen molar-refractivity contribution < 1.29 is 27.3 Å². The Kier molecular flexibility index (Phi) is 5.87. The second-order valence-corrected chi connectivity index (χ2v) is 4.09. The zero-order valence-corrected chi connectivity index (χ0v) is 10.3. The van der Waals surface area contributed by atoms with E-state index in [0.29, 0.717) is 13.2 Å². The van der Waals surface area contributed by atoms with Crippen LogP contribution in [0.4, 0.5) is 4.79 Å². The van der Waals surface area contributed by atoms with Gasteiger partial charge in [0, 0.05) is 26.1 Å². The molecule has 0 bridgehead atoms. The van der Waals surface area contributed by atoms with E-state index in [1.54, 1.807) is 0 Å². The van der Waals surface area contributed by atoms with Gasteiger partial charge in [-0.1, -0.05) is 0 Å². The molecule has 94 valence electrons. The summed E-state index contributed by atoms with van der Waals surface area (Å²) in [7, 11) is 0. The van der Waals surface area contributed by atoms with Crippen LogP contribution in [-0.2, 0) is 4.74 Å². The van der Waals surface area contributed by atoms with Crippen LogP contribution in [-0.4, -0.2) is 68.3 Å². The number of carbonyl (C=O) groups is 1. The topological polar surface area (TPSA) is 49.4 Å². The summed E-state index contributed by atoms with van der Waals surface area (Å²) in [4.78, 5) is 16.0. The minimum atomic E-state index is 0. The normalized spacial score (nSPS) is 22.2. The molecule has 2 heterocycles. The third kappa shape index (κ3) is 3.50. The van der Waals surface area contributed by atoms with Crippen molar-refractivity contribution >= 4 is 6.03 Å². The summed E-state index contributed by atoms with van der Waals surface area (Å²) in [5.41, 5.74) is 0. The molecule has 16 heavy (non-hydrogen) atoms. The maximum absolute atomic E-state index is 12.1. The van der Waals surface area contributed by atoms with Gasteiger partial charge in [0.25, 0.3) is 0 Å². The van der Waals surface area contributed by atoms with Crippen molar-refractivity contribution in [1.29, 1.82) is 0 Å². The molecule has 5 nitrogen and oxygen atoms in total. The molecule has 2 amide bonds. The highest BCUT2D eigenvalue weighted by molar-refractivity contribution is 5.74. The number of rotatable bonds is 0. The van der Waals surface area contributed by atoms with E-state index >= 15 is 0 Å². The highest BCUT2D eigenvalue weighted by Crippen LogP contribution is 2.04. The molecule has 2 N–H and O–H groups in total. The van der Waals surface area contributed by atoms with Crippen molar-refractivity contribution in [3.05, 3.63) is 0 Å². The molecule has 2 rings (SSSR count). The number of hydrogen-bond donors (Lipinski definition) is 1. The number of morpholine rings is 1. The lowest BCUT2D eigenvalue weighted by atomic mass is 10.4. The summed E-state index contributed by atoms with van der Waals surface area (Å²) in [5.74, 6) is 0. The Bertz CT molecular complexity index is 214. The number of ether oxygens (including phenoxy) is 1. The zero-order valence-electron chi connectivity index (χ0n) is 9.53. The smallest absolute Gasteiger partial charge is 0.320 e. The molecule has 0 aliphatic carbocycles. The van der Waals surface area contributed by atoms with Crippen LogP contribution in [0.5, 0.6) is 0 Å². The third-order valence-electron chi connectivity index (χ3n) is 2.99. The van der Waals surface area contributed by atoms with Crippen LogP contribution in [0.3, 0.4) is 0 Å². The molecule has 2 fully saturated rings. The van der Waals surface area contributed by atoms with Crippen molar-refractivity contribution in [2.24, 2.45) is 0 Å². The van der Waals surface area contributed by atoms with E-state index < -0.39 is 0 Å². The predicted octanol–water partition coefficient (Wildman–Crippen LogP) is -4.29. The molecule has 0 aromatic carbocycles. The Balaban J connectivity index is 0.00000128. The Morgan fingerprint density at radius 3 is 2.44 bits per heavy atom. The number of carbonyl (C=O) groups excluding carboxylic acids is 1. The summed E-state index contributed by atoms with van der Waals surface area (Å²) in [6, 6.07) is 0.202. The van der Waals surface area contributed by atoms with Crippen LogP contribution in [0.1, 0.15) is 6.42 Å². The first kappa shape index (κ1) is 13.5. The summed E-state index contributed by atoms with van der Waals surface area (Å²) in [6.07, 6.45) is 1.11. The highest BCUT2D eigenvalue weighted by atomic mass is 35.5. The van der Waals surface area contributed by atoms with E-state index in [9.17, 15) is 4.79 Å². The average Bonchev–Trinajstić information content (AvgIpc) is 2.58. The first-order valence-electron chi connectivity index (χ1n) is 5.81. The molecule has 6 heteroatoms. The van der Waals surface area contributed by atoms with E-state index in [2.05, 4.69) is 5.32 Å². The van der Waals surface area contributed by atoms with Gasteiger partial charge in [-0.05, 0) is 0 Å². The van der Waals surface area contributed by atoms with Crippen LogP contribution in [0, 0.1) is 0 Å². The van der Waals surface area contributed by atoms with Gasteiger partial charge < -0.3 is 32.3 Å². The van der Waals surface area contributed by atoms with Gasteiger partial charge in [-0.15, -0.1) is 0 Å². The second-order valence-electron chi connectivity index (χ2n) is 4.09. The summed E-state index contributed by atoms with van der Waals surface area (Å²) < 4.78 is 5.24. The molecular weight excluding hydrogens is 230 g/mol. The van der Waals surface area contributed by atoms with Crippen LogP contribution in [0.25, 0.3) is 0 Å². The number of amides is 2. The fourth-order valence-electron chi connectivity index (χ4n) is 2.08. The number of nitrogens with two attached hydrogens (primary N) is 1. The van der Waals surface area contributed by atoms with E-state index in [4.69, 9.17) is 4.74 Å². The minimum Gasteiger partial charge on any atom is -1.00 e. The number of nitrogens with zero attached hydrogens (tertiary/aromatic N) is 2. The number of urea groups is 1. The van der Waals surface area contributed by atoms with E-state index in [1.165, 1.54) is 0 Å². The lowest BCUT2D eigenvalue weighted by molar-refractivity contribution is -0.651. The van der Waals surface area contributed by atoms with Gasteiger partial charge >= 0.3 is 6.03 Å². The number of hydrogen-bond acceptors (Lipinski definition) is 2. The van der Waals surface area contributed by atoms with Crippen LogP contribution in [0.15, 0.2) is 0 Å². The largest absolute Gasteiger partial charge is 1.00 e. The molecule has 0 saturated carbocycles. The zero-order chi connectivity index (χ0) is 10.5. The molecule has 0 unspecified atom stereocenters. The van der Waals surface area contributed by atoms with Crippen LogP contribution < -0.4 is 17.7 Å². The Morgan fingerprint density at radius 2 is 1.69 bits per heavy atom. The monoisotopic (exact) mass is 249 g/mol. The van der Waals surface area contributed by atoms with E-state index in [-0.39, 0.29) is 18.4 Å². The first-order chi connectivity index (χ1) is 7.38. The standard InChI is InChI=1S/C10H19N3O2.ClH/c14-10(13-6-8-15-9-7-13)12-4-1-2-11-3-5-12;/h11H,1-9H2;1H. The van der Waals surface area contributed by atoms with Gasteiger partial charge in [0.2, 0.25) is 0 Å². The maximum atomic E-state index is 12.1. The van der Waals surface area contributed by atoms with Crippen LogP contribution in [0.2, 0.25) is 0 Å². The maximum Gasteiger partial charge on any atom is 0.320 e. The quantitative estimate of drug-likeness (QED) is 0.473. The predicted molar refractivity (Wildman–Crippen MR) is 55.6 cm³/mol. The Labute approximate surface area is 103 Å². The molecule has 2 aliphatic rings. The SMILES string of the molecule is O=C(N1CCC[NH2+]CC1)N1CCOCC1.[Cl-]. The molecule has 2 saturated heterocycles. The van der Waals surface area contributed by atoms with Crippen LogP contribution >= 0.6 is 0 Å². The van der Waals surface area contributed by atoms with Gasteiger partial charge in [-0.2, -0.15) is 0 Å². The summed E-state index contributed by atoms with van der Waals surface area (Å²) in [5, 5.41) is 2.28. The van der Waals surface area contributed by atoms with E-state index in [0.717, 1.165) is 45.7 Å². The Hall–Kier alpha value is -0.520. The number of quaternary nitrogens is 1. The third-order valence-corrected chi connectivity index (χ3v) is 2.99. The van der Waals surface area contributed by atoms with E-state index in [1.807, 2.05) is 9.80 Å². The average molecular weight is 250 g/mol. The molecule has 0 aromatic heterocycles. The lowest BCUT2D eigenvalue weighted by Gasteiger charge is -2.31. The second kappa shape index (κ2) is 6.93. The molecule has 0 radical (unpaired) electrons. The van der Waals surface area contributed by atoms with Crippen molar-refractivity contribution in [2.45, 2.75) is 6.42 Å². The van der Waals surface area contributed by atoms with Gasteiger partial charge in [-0.25, -0.2) is 4.79 Å². The lowest BCUT2D eigenvalue weighted by Crippen LogP contribution is -3.00. The molecule has 0 spiro atoms. The Morgan fingerprint density at radius 1 is 1.00 bits per heavy atom. The molecule has 2 aliphatic heterocycles. The van der Waals surface area contributed by atoms with Gasteiger partial charge in [0.05, 0.1) is 32.8 Å². The molecular formula is C10H20ClN3O2. The van der Waals surface area contributed by atoms with Crippen molar-refractivity contribution in [2.75, 3.05) is 52.5 Å².